The first kappa shape index (κ1) is 18.9. The molecule has 1 amide bonds. The fraction of sp³-hybridized carbons (Fsp3) is 0.421. The van der Waals surface area contributed by atoms with Crippen LogP contribution in [0.25, 0.3) is 10.8 Å². The molecular weight excluding hydrogens is 342 g/mol. The molecular formula is C19H24ClNO2S. The molecule has 0 saturated carbocycles. The number of unbranched alkanes of at least 4 members (excludes halogenated alkanes) is 1. The highest BCUT2D eigenvalue weighted by atomic mass is 35.5. The highest BCUT2D eigenvalue weighted by Crippen LogP contribution is 2.26. The molecule has 130 valence electrons. The molecule has 2 aromatic carbocycles. The normalized spacial score (nSPS) is 11.5. The Bertz CT molecular complexity index is 697. The molecule has 0 aromatic heterocycles. The van der Waals surface area contributed by atoms with Crippen LogP contribution in [0.1, 0.15) is 33.6 Å². The van der Waals surface area contributed by atoms with Gasteiger partial charge in [-0.15, -0.1) is 11.8 Å². The number of thioether (sulfide) groups is 1. The van der Waals surface area contributed by atoms with E-state index in [1.165, 1.54) is 10.3 Å². The standard InChI is InChI=1S/C19H24ClNO2S/c1-19(2,3)23-18(22)21-10-4-5-11-24-17-9-7-14-12-16(20)8-6-15(14)13-17/h6-9,12-13H,4-5,10-11H2,1-3H3,(H,21,22). The summed E-state index contributed by atoms with van der Waals surface area (Å²) in [5.41, 5.74) is -0.444. The SMILES string of the molecule is CC(C)(C)OC(=O)NCCCCSc1ccc2cc(Cl)ccc2c1. The van der Waals surface area contributed by atoms with Gasteiger partial charge in [-0.1, -0.05) is 23.7 Å². The highest BCUT2D eigenvalue weighted by molar-refractivity contribution is 7.99. The quantitative estimate of drug-likeness (QED) is 0.512. The van der Waals surface area contributed by atoms with Crippen LogP contribution in [0.15, 0.2) is 41.3 Å². The summed E-state index contributed by atoms with van der Waals surface area (Å²) in [6.07, 6.45) is 1.64. The van der Waals surface area contributed by atoms with Crippen LogP contribution in [0, 0.1) is 0 Å². The van der Waals surface area contributed by atoms with E-state index in [-0.39, 0.29) is 6.09 Å². The van der Waals surface area contributed by atoms with Crippen molar-refractivity contribution in [2.45, 2.75) is 44.1 Å². The number of alkyl carbamates (subject to hydrolysis) is 1. The van der Waals surface area contributed by atoms with Gasteiger partial charge in [-0.05, 0) is 74.4 Å². The van der Waals surface area contributed by atoms with Crippen molar-refractivity contribution in [2.75, 3.05) is 12.3 Å². The van der Waals surface area contributed by atoms with E-state index in [1.807, 2.05) is 50.7 Å². The molecule has 0 aliphatic carbocycles. The van der Waals surface area contributed by atoms with E-state index in [1.54, 1.807) is 0 Å². The first-order valence-electron chi connectivity index (χ1n) is 8.12. The van der Waals surface area contributed by atoms with Crippen molar-refractivity contribution < 1.29 is 9.53 Å². The van der Waals surface area contributed by atoms with Gasteiger partial charge in [0.25, 0.3) is 0 Å². The highest BCUT2D eigenvalue weighted by Gasteiger charge is 2.15. The lowest BCUT2D eigenvalue weighted by atomic mass is 10.1. The molecule has 0 aliphatic heterocycles. The van der Waals surface area contributed by atoms with Crippen LogP contribution in [0.3, 0.4) is 0 Å². The van der Waals surface area contributed by atoms with Crippen molar-refractivity contribution in [3.63, 3.8) is 0 Å². The van der Waals surface area contributed by atoms with E-state index in [9.17, 15) is 4.79 Å². The predicted octanol–water partition coefficient (Wildman–Crippen LogP) is 5.89. The number of hydrogen-bond acceptors (Lipinski definition) is 3. The molecule has 2 aromatic rings. The van der Waals surface area contributed by atoms with Gasteiger partial charge in [0.2, 0.25) is 0 Å². The molecule has 0 spiro atoms. The number of amides is 1. The number of carbonyl (C=O) groups excluding carboxylic acids is 1. The number of hydrogen-bond donors (Lipinski definition) is 1. The zero-order valence-electron chi connectivity index (χ0n) is 14.4. The minimum absolute atomic E-state index is 0.344. The third kappa shape index (κ3) is 6.62. The monoisotopic (exact) mass is 365 g/mol. The number of nitrogens with one attached hydrogen (secondary N) is 1. The summed E-state index contributed by atoms with van der Waals surface area (Å²) < 4.78 is 5.20. The van der Waals surface area contributed by atoms with Crippen molar-refractivity contribution in [3.05, 3.63) is 41.4 Å². The van der Waals surface area contributed by atoms with Gasteiger partial charge in [-0.2, -0.15) is 0 Å². The number of rotatable bonds is 6. The summed E-state index contributed by atoms with van der Waals surface area (Å²) in [4.78, 5) is 12.8. The van der Waals surface area contributed by atoms with E-state index < -0.39 is 5.60 Å². The number of halogens is 1. The fourth-order valence-corrected chi connectivity index (χ4v) is 3.35. The maximum Gasteiger partial charge on any atom is 0.407 e. The first-order chi connectivity index (χ1) is 11.3. The van der Waals surface area contributed by atoms with Crippen LogP contribution in [-0.4, -0.2) is 24.0 Å². The van der Waals surface area contributed by atoms with Gasteiger partial charge in [-0.3, -0.25) is 0 Å². The second-order valence-electron chi connectivity index (χ2n) is 6.64. The van der Waals surface area contributed by atoms with Crippen LogP contribution in [-0.2, 0) is 4.74 Å². The van der Waals surface area contributed by atoms with Crippen molar-refractivity contribution >= 4 is 40.2 Å². The summed E-state index contributed by atoms with van der Waals surface area (Å²) >= 11 is 7.84. The second-order valence-corrected chi connectivity index (χ2v) is 8.24. The third-order valence-corrected chi connectivity index (χ3v) is 4.60. The zero-order valence-corrected chi connectivity index (χ0v) is 16.0. The Morgan fingerprint density at radius 3 is 2.58 bits per heavy atom. The summed E-state index contributed by atoms with van der Waals surface area (Å²) in [5.74, 6) is 1.02. The average molecular weight is 366 g/mol. The van der Waals surface area contributed by atoms with Crippen LogP contribution < -0.4 is 5.32 Å². The minimum atomic E-state index is -0.444. The molecule has 0 heterocycles. The Balaban J connectivity index is 1.67. The van der Waals surface area contributed by atoms with E-state index in [0.29, 0.717) is 6.54 Å². The molecule has 1 N–H and O–H groups in total. The summed E-state index contributed by atoms with van der Waals surface area (Å²) in [6, 6.07) is 12.4. The Hall–Kier alpha value is -1.39. The Labute approximate surface area is 153 Å². The molecule has 0 atom stereocenters. The molecule has 5 heteroatoms. The molecule has 0 saturated heterocycles. The topological polar surface area (TPSA) is 38.3 Å². The molecule has 0 bridgehead atoms. The van der Waals surface area contributed by atoms with Crippen molar-refractivity contribution in [3.8, 4) is 0 Å². The van der Waals surface area contributed by atoms with Gasteiger partial charge in [-0.25, -0.2) is 4.79 Å². The summed E-state index contributed by atoms with van der Waals surface area (Å²) in [7, 11) is 0. The third-order valence-electron chi connectivity index (χ3n) is 3.28. The number of carbonyl (C=O) groups is 1. The maximum absolute atomic E-state index is 11.5. The van der Waals surface area contributed by atoms with Gasteiger partial charge in [0.1, 0.15) is 5.60 Å². The molecule has 0 unspecified atom stereocenters. The number of fused-ring (bicyclic) bond motifs is 1. The van der Waals surface area contributed by atoms with E-state index in [4.69, 9.17) is 16.3 Å². The van der Waals surface area contributed by atoms with Crippen molar-refractivity contribution in [2.24, 2.45) is 0 Å². The number of ether oxygens (including phenoxy) is 1. The molecule has 0 radical (unpaired) electrons. The predicted molar refractivity (Wildman–Crippen MR) is 103 cm³/mol. The fourth-order valence-electron chi connectivity index (χ4n) is 2.21. The maximum atomic E-state index is 11.5. The summed E-state index contributed by atoms with van der Waals surface area (Å²) in [5, 5.41) is 5.91. The average Bonchev–Trinajstić information content (AvgIpc) is 2.49. The number of benzene rings is 2. The smallest absolute Gasteiger partial charge is 0.407 e. The first-order valence-corrected chi connectivity index (χ1v) is 9.49. The molecule has 2 rings (SSSR count). The van der Waals surface area contributed by atoms with E-state index in [2.05, 4.69) is 23.5 Å². The Morgan fingerprint density at radius 1 is 1.12 bits per heavy atom. The lowest BCUT2D eigenvalue weighted by Crippen LogP contribution is -2.33. The van der Waals surface area contributed by atoms with Gasteiger partial charge in [0, 0.05) is 16.5 Å². The lowest BCUT2D eigenvalue weighted by Gasteiger charge is -2.19. The molecule has 24 heavy (non-hydrogen) atoms. The van der Waals surface area contributed by atoms with Crippen molar-refractivity contribution in [1.29, 1.82) is 0 Å². The largest absolute Gasteiger partial charge is 0.444 e. The second kappa shape index (κ2) is 8.63. The van der Waals surface area contributed by atoms with E-state index in [0.717, 1.165) is 29.0 Å². The van der Waals surface area contributed by atoms with Gasteiger partial charge in [0.15, 0.2) is 0 Å². The van der Waals surface area contributed by atoms with Crippen LogP contribution in [0.5, 0.6) is 0 Å². The van der Waals surface area contributed by atoms with Crippen LogP contribution >= 0.6 is 23.4 Å². The Morgan fingerprint density at radius 2 is 1.83 bits per heavy atom. The molecule has 3 nitrogen and oxygen atoms in total. The summed E-state index contributed by atoms with van der Waals surface area (Å²) in [6.45, 7) is 6.23. The Kier molecular flexibility index (Phi) is 6.81. The van der Waals surface area contributed by atoms with Crippen molar-refractivity contribution in [1.82, 2.24) is 5.32 Å². The van der Waals surface area contributed by atoms with Crippen LogP contribution in [0.4, 0.5) is 4.79 Å². The molecule has 0 fully saturated rings. The van der Waals surface area contributed by atoms with Gasteiger partial charge in [0.05, 0.1) is 0 Å². The zero-order chi connectivity index (χ0) is 17.6. The van der Waals surface area contributed by atoms with Gasteiger partial charge < -0.3 is 10.1 Å². The molecule has 0 aliphatic rings. The lowest BCUT2D eigenvalue weighted by molar-refractivity contribution is 0.0527. The van der Waals surface area contributed by atoms with E-state index >= 15 is 0 Å². The van der Waals surface area contributed by atoms with Crippen LogP contribution in [0.2, 0.25) is 5.02 Å². The van der Waals surface area contributed by atoms with Gasteiger partial charge >= 0.3 is 6.09 Å². The minimum Gasteiger partial charge on any atom is -0.444 e.